The molecule has 2 aromatic rings. The topological polar surface area (TPSA) is 38.0 Å². The molecule has 0 bridgehead atoms. The molecular formula is C16H17F3N2. The SMILES string of the molecule is CCc1cc(NCc2ccc(N)cc2)ccc1C(F)(F)F. The van der Waals surface area contributed by atoms with Crippen LogP contribution in [0.3, 0.4) is 0 Å². The van der Waals surface area contributed by atoms with Gasteiger partial charge in [0.15, 0.2) is 0 Å². The highest BCUT2D eigenvalue weighted by atomic mass is 19.4. The Labute approximate surface area is 121 Å². The Bertz CT molecular complexity index is 604. The van der Waals surface area contributed by atoms with Crippen LogP contribution in [0.4, 0.5) is 24.5 Å². The van der Waals surface area contributed by atoms with Crippen molar-refractivity contribution in [2.24, 2.45) is 0 Å². The van der Waals surface area contributed by atoms with Crippen molar-refractivity contribution in [2.75, 3.05) is 11.1 Å². The normalized spacial score (nSPS) is 11.4. The fraction of sp³-hybridized carbons (Fsp3) is 0.250. The van der Waals surface area contributed by atoms with E-state index in [0.717, 1.165) is 11.6 Å². The van der Waals surface area contributed by atoms with E-state index in [1.54, 1.807) is 25.1 Å². The van der Waals surface area contributed by atoms with Crippen molar-refractivity contribution in [3.8, 4) is 0 Å². The van der Waals surface area contributed by atoms with Crippen LogP contribution in [-0.4, -0.2) is 0 Å². The molecule has 0 aliphatic rings. The van der Waals surface area contributed by atoms with Crippen LogP contribution in [0.1, 0.15) is 23.6 Å². The lowest BCUT2D eigenvalue weighted by atomic mass is 10.0. The molecule has 0 fully saturated rings. The van der Waals surface area contributed by atoms with Gasteiger partial charge in [-0.05, 0) is 47.9 Å². The van der Waals surface area contributed by atoms with Crippen molar-refractivity contribution in [1.82, 2.24) is 0 Å². The number of anilines is 2. The first kappa shape index (κ1) is 15.2. The third-order valence-electron chi connectivity index (χ3n) is 3.27. The van der Waals surface area contributed by atoms with Gasteiger partial charge in [-0.2, -0.15) is 13.2 Å². The maximum Gasteiger partial charge on any atom is 0.416 e. The Morgan fingerprint density at radius 2 is 1.71 bits per heavy atom. The Kier molecular flexibility index (Phi) is 4.40. The van der Waals surface area contributed by atoms with Gasteiger partial charge in [0, 0.05) is 17.9 Å². The minimum Gasteiger partial charge on any atom is -0.399 e. The second-order valence-corrected chi connectivity index (χ2v) is 4.82. The summed E-state index contributed by atoms with van der Waals surface area (Å²) < 4.78 is 38.5. The van der Waals surface area contributed by atoms with Crippen LogP contribution in [0.5, 0.6) is 0 Å². The van der Waals surface area contributed by atoms with E-state index in [2.05, 4.69) is 5.32 Å². The number of rotatable bonds is 4. The largest absolute Gasteiger partial charge is 0.416 e. The minimum absolute atomic E-state index is 0.296. The van der Waals surface area contributed by atoms with E-state index in [4.69, 9.17) is 5.73 Å². The highest BCUT2D eigenvalue weighted by molar-refractivity contribution is 5.50. The van der Waals surface area contributed by atoms with E-state index < -0.39 is 11.7 Å². The molecule has 0 atom stereocenters. The van der Waals surface area contributed by atoms with Gasteiger partial charge in [0.05, 0.1) is 5.56 Å². The quantitative estimate of drug-likeness (QED) is 0.817. The highest BCUT2D eigenvalue weighted by Gasteiger charge is 2.32. The summed E-state index contributed by atoms with van der Waals surface area (Å²) >= 11 is 0. The van der Waals surface area contributed by atoms with Gasteiger partial charge in [0.1, 0.15) is 0 Å². The molecule has 0 saturated carbocycles. The molecule has 21 heavy (non-hydrogen) atoms. The number of benzene rings is 2. The third-order valence-corrected chi connectivity index (χ3v) is 3.27. The number of aryl methyl sites for hydroxylation is 1. The van der Waals surface area contributed by atoms with E-state index in [1.807, 2.05) is 12.1 Å². The predicted molar refractivity (Wildman–Crippen MR) is 79.0 cm³/mol. The third kappa shape index (κ3) is 3.90. The molecule has 0 unspecified atom stereocenters. The van der Waals surface area contributed by atoms with Crippen molar-refractivity contribution in [3.63, 3.8) is 0 Å². The standard InChI is InChI=1S/C16H17F3N2/c1-2-12-9-14(7-8-15(12)16(17,18)19)21-10-11-3-5-13(20)6-4-11/h3-9,21H,2,10,20H2,1H3. The number of hydrogen-bond acceptors (Lipinski definition) is 2. The zero-order chi connectivity index (χ0) is 15.5. The highest BCUT2D eigenvalue weighted by Crippen LogP contribution is 2.33. The molecule has 3 N–H and O–H groups in total. The smallest absolute Gasteiger partial charge is 0.399 e. The van der Waals surface area contributed by atoms with Crippen molar-refractivity contribution in [2.45, 2.75) is 26.1 Å². The lowest BCUT2D eigenvalue weighted by molar-refractivity contribution is -0.138. The zero-order valence-electron chi connectivity index (χ0n) is 11.7. The lowest BCUT2D eigenvalue weighted by Gasteiger charge is -2.14. The molecule has 5 heteroatoms. The molecule has 0 heterocycles. The van der Waals surface area contributed by atoms with Gasteiger partial charge >= 0.3 is 6.18 Å². The molecule has 112 valence electrons. The van der Waals surface area contributed by atoms with Gasteiger partial charge in [-0.3, -0.25) is 0 Å². The summed E-state index contributed by atoms with van der Waals surface area (Å²) in [5, 5.41) is 3.13. The summed E-state index contributed by atoms with van der Waals surface area (Å²) in [6.07, 6.45) is -3.97. The van der Waals surface area contributed by atoms with Crippen molar-refractivity contribution in [3.05, 3.63) is 59.2 Å². The summed E-state index contributed by atoms with van der Waals surface area (Å²) in [6, 6.07) is 11.5. The summed E-state index contributed by atoms with van der Waals surface area (Å²) in [6.45, 7) is 2.25. The van der Waals surface area contributed by atoms with Gasteiger partial charge in [-0.25, -0.2) is 0 Å². The minimum atomic E-state index is -4.30. The van der Waals surface area contributed by atoms with Gasteiger partial charge in [-0.1, -0.05) is 19.1 Å². The molecule has 2 rings (SSSR count). The van der Waals surface area contributed by atoms with E-state index in [9.17, 15) is 13.2 Å². The number of alkyl halides is 3. The maximum absolute atomic E-state index is 12.8. The van der Waals surface area contributed by atoms with Crippen LogP contribution in [0, 0.1) is 0 Å². The van der Waals surface area contributed by atoms with Gasteiger partial charge in [0.2, 0.25) is 0 Å². The van der Waals surface area contributed by atoms with Crippen LogP contribution in [-0.2, 0) is 19.1 Å². The average molecular weight is 294 g/mol. The number of hydrogen-bond donors (Lipinski definition) is 2. The first-order valence-corrected chi connectivity index (χ1v) is 6.68. The van der Waals surface area contributed by atoms with Crippen molar-refractivity contribution >= 4 is 11.4 Å². The van der Waals surface area contributed by atoms with Crippen molar-refractivity contribution < 1.29 is 13.2 Å². The van der Waals surface area contributed by atoms with Gasteiger partial charge in [0.25, 0.3) is 0 Å². The Hall–Kier alpha value is -2.17. The van der Waals surface area contributed by atoms with E-state index >= 15 is 0 Å². The van der Waals surface area contributed by atoms with Gasteiger partial charge < -0.3 is 11.1 Å². The molecule has 0 aliphatic heterocycles. The Balaban J connectivity index is 2.12. The van der Waals surface area contributed by atoms with Crippen LogP contribution in [0.25, 0.3) is 0 Å². The maximum atomic E-state index is 12.8. The number of nitrogen functional groups attached to an aromatic ring is 1. The molecule has 0 saturated heterocycles. The zero-order valence-corrected chi connectivity index (χ0v) is 11.7. The van der Waals surface area contributed by atoms with E-state index in [1.165, 1.54) is 6.07 Å². The molecule has 2 nitrogen and oxygen atoms in total. The fourth-order valence-electron chi connectivity index (χ4n) is 2.11. The summed E-state index contributed by atoms with van der Waals surface area (Å²) in [7, 11) is 0. The molecule has 2 aromatic carbocycles. The fourth-order valence-corrected chi connectivity index (χ4v) is 2.11. The molecule has 0 spiro atoms. The number of halogens is 3. The average Bonchev–Trinajstić information content (AvgIpc) is 2.45. The first-order chi connectivity index (χ1) is 9.90. The first-order valence-electron chi connectivity index (χ1n) is 6.68. The van der Waals surface area contributed by atoms with Gasteiger partial charge in [-0.15, -0.1) is 0 Å². The molecule has 0 aliphatic carbocycles. The summed E-state index contributed by atoms with van der Waals surface area (Å²) in [5.74, 6) is 0. The number of nitrogens with two attached hydrogens (primary N) is 1. The van der Waals surface area contributed by atoms with E-state index in [-0.39, 0.29) is 0 Å². The van der Waals surface area contributed by atoms with E-state index in [0.29, 0.717) is 29.9 Å². The van der Waals surface area contributed by atoms with Crippen LogP contribution < -0.4 is 11.1 Å². The van der Waals surface area contributed by atoms with Crippen LogP contribution in [0.15, 0.2) is 42.5 Å². The monoisotopic (exact) mass is 294 g/mol. The second kappa shape index (κ2) is 6.08. The Morgan fingerprint density at radius 1 is 1.05 bits per heavy atom. The molecule has 0 radical (unpaired) electrons. The van der Waals surface area contributed by atoms with Crippen LogP contribution in [0.2, 0.25) is 0 Å². The summed E-state index contributed by atoms with van der Waals surface area (Å²) in [4.78, 5) is 0. The lowest BCUT2D eigenvalue weighted by Crippen LogP contribution is -2.09. The van der Waals surface area contributed by atoms with Crippen molar-refractivity contribution in [1.29, 1.82) is 0 Å². The number of nitrogens with one attached hydrogen (secondary N) is 1. The summed E-state index contributed by atoms with van der Waals surface area (Å²) in [5.41, 5.74) is 7.71. The van der Waals surface area contributed by atoms with Crippen LogP contribution >= 0.6 is 0 Å². The Morgan fingerprint density at radius 3 is 2.29 bits per heavy atom. The molecule has 0 amide bonds. The molecular weight excluding hydrogens is 277 g/mol. The second-order valence-electron chi connectivity index (χ2n) is 4.82. The molecule has 0 aromatic heterocycles. The predicted octanol–water partition coefficient (Wildman–Crippen LogP) is 4.46.